The summed E-state index contributed by atoms with van der Waals surface area (Å²) in [6.45, 7) is 3.01. The molecule has 2 fully saturated rings. The summed E-state index contributed by atoms with van der Waals surface area (Å²) in [5.74, 6) is -0.506. The lowest BCUT2D eigenvalue weighted by atomic mass is 9.77. The third-order valence-electron chi connectivity index (χ3n) is 4.91. The third-order valence-corrected chi connectivity index (χ3v) is 4.91. The number of likely N-dealkylation sites (tertiary alicyclic amines) is 1. The molecular weight excluding hydrogens is 329 g/mol. The molecule has 2 aliphatic heterocycles. The zero-order valence-corrected chi connectivity index (χ0v) is 13.5. The number of piperidine rings is 1. The average molecular weight is 349 g/mol. The molecule has 128 valence electrons. The van der Waals surface area contributed by atoms with Crippen LogP contribution >= 0.6 is 12.4 Å². The van der Waals surface area contributed by atoms with Gasteiger partial charge in [0.25, 0.3) is 5.91 Å². The third kappa shape index (κ3) is 3.63. The van der Waals surface area contributed by atoms with Crippen LogP contribution in [-0.2, 0) is 6.18 Å². The molecule has 2 saturated heterocycles. The van der Waals surface area contributed by atoms with Gasteiger partial charge in [-0.1, -0.05) is 12.1 Å². The maximum absolute atomic E-state index is 13.0. The van der Waals surface area contributed by atoms with Crippen LogP contribution in [0.4, 0.5) is 13.2 Å². The number of nitrogens with zero attached hydrogens (tertiary/aromatic N) is 1. The topological polar surface area (TPSA) is 32.3 Å². The predicted octanol–water partition coefficient (Wildman–Crippen LogP) is 3.34. The Hall–Kier alpha value is -1.27. The summed E-state index contributed by atoms with van der Waals surface area (Å²) in [5, 5.41) is 3.34. The van der Waals surface area contributed by atoms with Crippen LogP contribution in [0.25, 0.3) is 0 Å². The van der Waals surface area contributed by atoms with Crippen LogP contribution in [0.15, 0.2) is 24.3 Å². The smallest absolute Gasteiger partial charge is 0.339 e. The van der Waals surface area contributed by atoms with Gasteiger partial charge in [0.1, 0.15) is 0 Å². The molecule has 2 aliphatic rings. The van der Waals surface area contributed by atoms with Gasteiger partial charge in [0, 0.05) is 19.6 Å². The minimum Gasteiger partial charge on any atom is -0.339 e. The maximum Gasteiger partial charge on any atom is 0.417 e. The number of benzene rings is 1. The molecule has 0 radical (unpaired) electrons. The van der Waals surface area contributed by atoms with Crippen molar-refractivity contribution in [3.8, 4) is 0 Å². The van der Waals surface area contributed by atoms with E-state index < -0.39 is 17.6 Å². The van der Waals surface area contributed by atoms with E-state index in [1.807, 2.05) is 0 Å². The highest BCUT2D eigenvalue weighted by Gasteiger charge is 2.40. The summed E-state index contributed by atoms with van der Waals surface area (Å²) in [6, 6.07) is 5.04. The van der Waals surface area contributed by atoms with Gasteiger partial charge < -0.3 is 10.2 Å². The summed E-state index contributed by atoms with van der Waals surface area (Å²) in [5.41, 5.74) is -0.848. The first-order chi connectivity index (χ1) is 10.4. The van der Waals surface area contributed by atoms with Gasteiger partial charge in [0.05, 0.1) is 11.1 Å². The first-order valence-corrected chi connectivity index (χ1v) is 7.58. The molecule has 0 saturated carbocycles. The van der Waals surface area contributed by atoms with Crippen LogP contribution in [0.5, 0.6) is 0 Å². The molecule has 0 aliphatic carbocycles. The lowest BCUT2D eigenvalue weighted by Gasteiger charge is -2.39. The molecule has 3 nitrogen and oxygen atoms in total. The fourth-order valence-electron chi connectivity index (χ4n) is 3.49. The normalized spacial score (nSPS) is 20.4. The number of carbonyl (C=O) groups is 1. The van der Waals surface area contributed by atoms with E-state index in [9.17, 15) is 18.0 Å². The molecule has 0 atom stereocenters. The minimum atomic E-state index is -4.50. The van der Waals surface area contributed by atoms with Crippen LogP contribution < -0.4 is 5.32 Å². The van der Waals surface area contributed by atoms with Crippen molar-refractivity contribution in [2.45, 2.75) is 25.4 Å². The van der Waals surface area contributed by atoms with Gasteiger partial charge in [-0.05, 0) is 43.4 Å². The number of rotatable bonds is 1. The van der Waals surface area contributed by atoms with E-state index in [1.54, 1.807) is 4.90 Å². The van der Waals surface area contributed by atoms with Crippen molar-refractivity contribution in [2.75, 3.05) is 26.2 Å². The molecule has 1 amide bonds. The second kappa shape index (κ2) is 6.69. The standard InChI is InChI=1S/C16H19F3N2O.ClH/c17-16(18,19)13-4-2-1-3-12(13)14(22)21-9-6-15(7-10-21)5-8-20-11-15;/h1-4,20H,5-11H2;1H. The van der Waals surface area contributed by atoms with Crippen LogP contribution in [0.2, 0.25) is 0 Å². The van der Waals surface area contributed by atoms with Crippen LogP contribution in [0, 0.1) is 5.41 Å². The summed E-state index contributed by atoms with van der Waals surface area (Å²) in [4.78, 5) is 14.0. The highest BCUT2D eigenvalue weighted by molar-refractivity contribution is 5.96. The second-order valence-corrected chi connectivity index (χ2v) is 6.26. The van der Waals surface area contributed by atoms with E-state index in [1.165, 1.54) is 18.2 Å². The van der Waals surface area contributed by atoms with Crippen molar-refractivity contribution in [3.63, 3.8) is 0 Å². The maximum atomic E-state index is 13.0. The van der Waals surface area contributed by atoms with Crippen molar-refractivity contribution < 1.29 is 18.0 Å². The molecular formula is C16H20ClF3N2O. The van der Waals surface area contributed by atoms with Crippen molar-refractivity contribution in [1.82, 2.24) is 10.2 Å². The Morgan fingerprint density at radius 3 is 2.35 bits per heavy atom. The van der Waals surface area contributed by atoms with E-state index >= 15 is 0 Å². The summed E-state index contributed by atoms with van der Waals surface area (Å²) >= 11 is 0. The molecule has 0 bridgehead atoms. The van der Waals surface area contributed by atoms with Gasteiger partial charge in [-0.25, -0.2) is 0 Å². The molecule has 7 heteroatoms. The molecule has 3 rings (SSSR count). The highest BCUT2D eigenvalue weighted by atomic mass is 35.5. The second-order valence-electron chi connectivity index (χ2n) is 6.26. The monoisotopic (exact) mass is 348 g/mol. The molecule has 1 aromatic carbocycles. The quantitative estimate of drug-likeness (QED) is 0.844. The fourth-order valence-corrected chi connectivity index (χ4v) is 3.49. The number of amides is 1. The zero-order chi connectivity index (χ0) is 15.8. The summed E-state index contributed by atoms with van der Waals surface area (Å²) in [6.07, 6.45) is -1.69. The molecule has 1 N–H and O–H groups in total. The SMILES string of the molecule is Cl.O=C(c1ccccc1C(F)(F)F)N1CCC2(CCNC2)CC1. The van der Waals surface area contributed by atoms with Gasteiger partial charge >= 0.3 is 6.18 Å². The van der Waals surface area contributed by atoms with Crippen LogP contribution in [0.1, 0.15) is 35.2 Å². The van der Waals surface area contributed by atoms with Gasteiger partial charge in [0.2, 0.25) is 0 Å². The summed E-state index contributed by atoms with van der Waals surface area (Å²) in [7, 11) is 0. The number of hydrogen-bond donors (Lipinski definition) is 1. The van der Waals surface area contributed by atoms with Crippen LogP contribution in [-0.4, -0.2) is 37.0 Å². The Morgan fingerprint density at radius 1 is 1.13 bits per heavy atom. The number of alkyl halides is 3. The molecule has 0 aromatic heterocycles. The Bertz CT molecular complexity index is 561. The van der Waals surface area contributed by atoms with Crippen molar-refractivity contribution in [2.24, 2.45) is 5.41 Å². The van der Waals surface area contributed by atoms with Gasteiger partial charge in [-0.15, -0.1) is 12.4 Å². The lowest BCUT2D eigenvalue weighted by Crippen LogP contribution is -2.44. The lowest BCUT2D eigenvalue weighted by molar-refractivity contribution is -0.138. The van der Waals surface area contributed by atoms with Gasteiger partial charge in [-0.3, -0.25) is 4.79 Å². The van der Waals surface area contributed by atoms with E-state index in [-0.39, 0.29) is 23.4 Å². The van der Waals surface area contributed by atoms with Gasteiger partial charge in [0.15, 0.2) is 0 Å². The Kier molecular flexibility index (Phi) is 5.26. The number of halogens is 4. The molecule has 2 heterocycles. The minimum absolute atomic E-state index is 0. The molecule has 23 heavy (non-hydrogen) atoms. The largest absolute Gasteiger partial charge is 0.417 e. The zero-order valence-electron chi connectivity index (χ0n) is 12.7. The van der Waals surface area contributed by atoms with E-state index in [2.05, 4.69) is 5.32 Å². The van der Waals surface area contributed by atoms with E-state index in [0.717, 1.165) is 38.4 Å². The molecule has 1 aromatic rings. The fraction of sp³-hybridized carbons (Fsp3) is 0.562. The Labute approximate surface area is 139 Å². The molecule has 1 spiro atoms. The average Bonchev–Trinajstić information content (AvgIpc) is 2.95. The number of hydrogen-bond acceptors (Lipinski definition) is 2. The first kappa shape index (κ1) is 18.1. The number of carbonyl (C=O) groups excluding carboxylic acids is 1. The highest BCUT2D eigenvalue weighted by Crippen LogP contribution is 2.38. The number of nitrogens with one attached hydrogen (secondary N) is 1. The Morgan fingerprint density at radius 2 is 1.78 bits per heavy atom. The van der Waals surface area contributed by atoms with Crippen molar-refractivity contribution >= 4 is 18.3 Å². The molecule has 0 unspecified atom stereocenters. The van der Waals surface area contributed by atoms with Crippen molar-refractivity contribution in [1.29, 1.82) is 0 Å². The van der Waals surface area contributed by atoms with E-state index in [0.29, 0.717) is 13.1 Å². The summed E-state index contributed by atoms with van der Waals surface area (Å²) < 4.78 is 39.1. The first-order valence-electron chi connectivity index (χ1n) is 7.58. The van der Waals surface area contributed by atoms with Gasteiger partial charge in [-0.2, -0.15) is 13.2 Å². The Balaban J connectivity index is 0.00000192. The van der Waals surface area contributed by atoms with Crippen LogP contribution in [0.3, 0.4) is 0 Å². The predicted molar refractivity (Wildman–Crippen MR) is 83.7 cm³/mol. The van der Waals surface area contributed by atoms with E-state index in [4.69, 9.17) is 0 Å². The van der Waals surface area contributed by atoms with Crippen molar-refractivity contribution in [3.05, 3.63) is 35.4 Å².